The lowest BCUT2D eigenvalue weighted by Gasteiger charge is -2.21. The molecule has 0 unspecified atom stereocenters. The Kier molecular flexibility index (Phi) is 2.17. The normalized spacial score (nSPS) is 13.7. The Morgan fingerprint density at radius 2 is 2.11 bits per heavy atom. The van der Waals surface area contributed by atoms with Crippen molar-refractivity contribution in [2.75, 3.05) is 18.5 Å². The van der Waals surface area contributed by atoms with Crippen LogP contribution in [0.2, 0.25) is 0 Å². The molecular weight excluding hydrogens is 240 g/mol. The second-order valence-electron chi connectivity index (χ2n) is 4.41. The summed E-state index contributed by atoms with van der Waals surface area (Å²) in [5, 5.41) is 11.8. The molecule has 0 saturated heterocycles. The van der Waals surface area contributed by atoms with Gasteiger partial charge in [-0.3, -0.25) is 4.40 Å². The van der Waals surface area contributed by atoms with Gasteiger partial charge in [-0.25, -0.2) is 0 Å². The maximum atomic E-state index is 5.78. The minimum atomic E-state index is 0.667. The second kappa shape index (κ2) is 3.98. The van der Waals surface area contributed by atoms with Crippen molar-refractivity contribution in [2.45, 2.75) is 0 Å². The third kappa shape index (κ3) is 1.55. The number of benzene rings is 1. The van der Waals surface area contributed by atoms with Crippen molar-refractivity contribution in [3.63, 3.8) is 0 Å². The van der Waals surface area contributed by atoms with Gasteiger partial charge in [0.2, 0.25) is 0 Å². The van der Waals surface area contributed by atoms with Crippen molar-refractivity contribution in [3.8, 4) is 17.1 Å². The van der Waals surface area contributed by atoms with Gasteiger partial charge >= 0.3 is 0 Å². The van der Waals surface area contributed by atoms with E-state index in [9.17, 15) is 0 Å². The Bertz CT molecular complexity index is 750. The SMILES string of the molecule is c1cc2c(c(-c3nnc4ccccn34)c1)OCCN2. The molecule has 1 aliphatic heterocycles. The van der Waals surface area contributed by atoms with E-state index in [1.807, 2.05) is 47.0 Å². The Morgan fingerprint density at radius 3 is 3.11 bits per heavy atom. The minimum Gasteiger partial charge on any atom is -0.489 e. The number of hydrogen-bond acceptors (Lipinski definition) is 4. The van der Waals surface area contributed by atoms with Gasteiger partial charge in [-0.05, 0) is 24.3 Å². The number of anilines is 1. The number of pyridine rings is 1. The fourth-order valence-electron chi connectivity index (χ4n) is 2.37. The Morgan fingerprint density at radius 1 is 1.11 bits per heavy atom. The molecule has 1 N–H and O–H groups in total. The molecule has 3 heterocycles. The maximum Gasteiger partial charge on any atom is 0.172 e. The van der Waals surface area contributed by atoms with Crippen molar-refractivity contribution in [1.82, 2.24) is 14.6 Å². The Labute approximate surface area is 109 Å². The zero-order chi connectivity index (χ0) is 12.7. The third-order valence-electron chi connectivity index (χ3n) is 3.23. The van der Waals surface area contributed by atoms with Crippen LogP contribution in [0.3, 0.4) is 0 Å². The average Bonchev–Trinajstić information content (AvgIpc) is 2.90. The lowest BCUT2D eigenvalue weighted by molar-refractivity contribution is 0.324. The van der Waals surface area contributed by atoms with Crippen molar-refractivity contribution < 1.29 is 4.74 Å². The largest absolute Gasteiger partial charge is 0.489 e. The van der Waals surface area contributed by atoms with E-state index in [1.54, 1.807) is 0 Å². The first-order valence-corrected chi connectivity index (χ1v) is 6.23. The molecule has 1 aliphatic rings. The van der Waals surface area contributed by atoms with Crippen molar-refractivity contribution in [3.05, 3.63) is 42.6 Å². The van der Waals surface area contributed by atoms with Crippen molar-refractivity contribution in [1.29, 1.82) is 0 Å². The van der Waals surface area contributed by atoms with E-state index in [0.717, 1.165) is 35.0 Å². The fourth-order valence-corrected chi connectivity index (χ4v) is 2.37. The third-order valence-corrected chi connectivity index (χ3v) is 3.23. The zero-order valence-electron chi connectivity index (χ0n) is 10.2. The average molecular weight is 252 g/mol. The summed E-state index contributed by atoms with van der Waals surface area (Å²) in [7, 11) is 0. The van der Waals surface area contributed by atoms with Crippen LogP contribution in [0, 0.1) is 0 Å². The van der Waals surface area contributed by atoms with Crippen LogP contribution in [0.4, 0.5) is 5.69 Å². The van der Waals surface area contributed by atoms with Crippen LogP contribution in [0.5, 0.6) is 5.75 Å². The highest BCUT2D eigenvalue weighted by Crippen LogP contribution is 2.37. The van der Waals surface area contributed by atoms with E-state index >= 15 is 0 Å². The summed E-state index contributed by atoms with van der Waals surface area (Å²) in [6.07, 6.45) is 1.96. The van der Waals surface area contributed by atoms with E-state index in [4.69, 9.17) is 4.74 Å². The van der Waals surface area contributed by atoms with Crippen LogP contribution in [0.15, 0.2) is 42.6 Å². The van der Waals surface area contributed by atoms with E-state index in [1.165, 1.54) is 0 Å². The van der Waals surface area contributed by atoms with Crippen LogP contribution in [-0.2, 0) is 0 Å². The summed E-state index contributed by atoms with van der Waals surface area (Å²) in [4.78, 5) is 0. The first kappa shape index (κ1) is 10.4. The first-order valence-electron chi connectivity index (χ1n) is 6.23. The van der Waals surface area contributed by atoms with Gasteiger partial charge < -0.3 is 10.1 Å². The van der Waals surface area contributed by atoms with E-state index in [0.29, 0.717) is 6.61 Å². The van der Waals surface area contributed by atoms with Gasteiger partial charge in [-0.2, -0.15) is 0 Å². The highest BCUT2D eigenvalue weighted by molar-refractivity contribution is 5.76. The predicted molar refractivity (Wildman–Crippen MR) is 72.4 cm³/mol. The van der Waals surface area contributed by atoms with Crippen LogP contribution in [-0.4, -0.2) is 27.7 Å². The van der Waals surface area contributed by atoms with Crippen LogP contribution in [0.1, 0.15) is 0 Å². The van der Waals surface area contributed by atoms with Crippen LogP contribution < -0.4 is 10.1 Å². The summed E-state index contributed by atoms with van der Waals surface area (Å²) >= 11 is 0. The summed E-state index contributed by atoms with van der Waals surface area (Å²) in [5.74, 6) is 1.66. The Balaban J connectivity index is 1.97. The highest BCUT2D eigenvalue weighted by Gasteiger charge is 2.18. The van der Waals surface area contributed by atoms with E-state index < -0.39 is 0 Å². The van der Waals surface area contributed by atoms with Gasteiger partial charge in [-0.1, -0.05) is 12.1 Å². The van der Waals surface area contributed by atoms with Gasteiger partial charge in [0.1, 0.15) is 6.61 Å². The molecule has 5 heteroatoms. The number of fused-ring (bicyclic) bond motifs is 2. The van der Waals surface area contributed by atoms with Crippen LogP contribution >= 0.6 is 0 Å². The predicted octanol–water partition coefficient (Wildman–Crippen LogP) is 2.20. The van der Waals surface area contributed by atoms with Gasteiger partial charge in [-0.15, -0.1) is 10.2 Å². The zero-order valence-corrected chi connectivity index (χ0v) is 10.2. The lowest BCUT2D eigenvalue weighted by Crippen LogP contribution is -2.18. The molecule has 0 aliphatic carbocycles. The first-order chi connectivity index (χ1) is 9.43. The number of nitrogens with zero attached hydrogens (tertiary/aromatic N) is 3. The molecule has 0 radical (unpaired) electrons. The van der Waals surface area contributed by atoms with Crippen molar-refractivity contribution in [2.24, 2.45) is 0 Å². The molecule has 0 atom stereocenters. The number of aromatic nitrogens is 3. The van der Waals surface area contributed by atoms with Gasteiger partial charge in [0.05, 0.1) is 11.3 Å². The van der Waals surface area contributed by atoms with Crippen molar-refractivity contribution >= 4 is 11.3 Å². The quantitative estimate of drug-likeness (QED) is 0.721. The molecule has 1 aromatic carbocycles. The molecule has 0 saturated carbocycles. The standard InChI is InChI=1S/C14H12N4O/c1-2-8-18-12(6-1)16-17-14(18)10-4-3-5-11-13(10)19-9-7-15-11/h1-6,8,15H,7,9H2. The van der Waals surface area contributed by atoms with Gasteiger partial charge in [0, 0.05) is 12.7 Å². The van der Waals surface area contributed by atoms with Gasteiger partial charge in [0.15, 0.2) is 17.2 Å². The number of para-hydroxylation sites is 1. The summed E-state index contributed by atoms with van der Waals surface area (Å²) in [5.41, 5.74) is 2.80. The molecule has 19 heavy (non-hydrogen) atoms. The number of hydrogen-bond donors (Lipinski definition) is 1. The fraction of sp³-hybridized carbons (Fsp3) is 0.143. The highest BCUT2D eigenvalue weighted by atomic mass is 16.5. The van der Waals surface area contributed by atoms with E-state index in [-0.39, 0.29) is 0 Å². The molecule has 0 amide bonds. The van der Waals surface area contributed by atoms with Gasteiger partial charge in [0.25, 0.3) is 0 Å². The number of nitrogens with one attached hydrogen (secondary N) is 1. The maximum absolute atomic E-state index is 5.78. The smallest absolute Gasteiger partial charge is 0.172 e. The molecule has 5 nitrogen and oxygen atoms in total. The molecule has 2 aromatic heterocycles. The molecule has 4 rings (SSSR count). The molecule has 94 valence electrons. The number of rotatable bonds is 1. The second-order valence-corrected chi connectivity index (χ2v) is 4.41. The monoisotopic (exact) mass is 252 g/mol. The minimum absolute atomic E-state index is 0.667. The summed E-state index contributed by atoms with van der Waals surface area (Å²) in [6, 6.07) is 11.9. The molecule has 3 aromatic rings. The lowest BCUT2D eigenvalue weighted by atomic mass is 10.1. The van der Waals surface area contributed by atoms with Crippen LogP contribution in [0.25, 0.3) is 17.0 Å². The molecule has 0 bridgehead atoms. The number of ether oxygens (including phenoxy) is 1. The molecule has 0 fully saturated rings. The summed E-state index contributed by atoms with van der Waals surface area (Å²) in [6.45, 7) is 1.50. The molecule has 0 spiro atoms. The topological polar surface area (TPSA) is 51.5 Å². The van der Waals surface area contributed by atoms with E-state index in [2.05, 4.69) is 15.5 Å². The molecular formula is C14H12N4O. The Hall–Kier alpha value is -2.56. The summed E-state index contributed by atoms with van der Waals surface area (Å²) < 4.78 is 7.75.